The lowest BCUT2D eigenvalue weighted by molar-refractivity contribution is -0.113. The van der Waals surface area contributed by atoms with Crippen molar-refractivity contribution in [3.05, 3.63) is 59.6 Å². The number of benzene rings is 1. The van der Waals surface area contributed by atoms with Crippen molar-refractivity contribution < 1.29 is 13.9 Å². The van der Waals surface area contributed by atoms with Gasteiger partial charge in [0.1, 0.15) is 11.6 Å². The van der Waals surface area contributed by atoms with Gasteiger partial charge in [-0.3, -0.25) is 4.79 Å². The topological polar surface area (TPSA) is 90.1 Å². The number of aryl methyl sites for hydroxylation is 1. The fourth-order valence-corrected chi connectivity index (χ4v) is 2.94. The summed E-state index contributed by atoms with van der Waals surface area (Å²) in [4.78, 5) is 16.2. The molecule has 8 heteroatoms. The van der Waals surface area contributed by atoms with Gasteiger partial charge in [0.25, 0.3) is 11.1 Å². The Morgan fingerprint density at radius 2 is 2.00 bits per heavy atom. The quantitative estimate of drug-likeness (QED) is 0.569. The molecule has 0 saturated carbocycles. The number of nitrogens with zero attached hydrogens (tertiary/aromatic N) is 3. The van der Waals surface area contributed by atoms with E-state index in [4.69, 9.17) is 9.15 Å². The number of hydrogen-bond acceptors (Lipinski definition) is 7. The molecule has 0 bridgehead atoms. The van der Waals surface area contributed by atoms with Gasteiger partial charge in [-0.2, -0.15) is 0 Å². The van der Waals surface area contributed by atoms with Gasteiger partial charge in [0.2, 0.25) is 5.91 Å². The largest absolute Gasteiger partial charge is 0.484 e. The van der Waals surface area contributed by atoms with Crippen LogP contribution in [0, 0.1) is 6.92 Å². The van der Waals surface area contributed by atoms with Crippen molar-refractivity contribution in [1.29, 1.82) is 0 Å². The van der Waals surface area contributed by atoms with Crippen molar-refractivity contribution in [2.45, 2.75) is 38.5 Å². The third kappa shape index (κ3) is 5.56. The first-order valence-electron chi connectivity index (χ1n) is 8.90. The summed E-state index contributed by atoms with van der Waals surface area (Å²) >= 11 is 1.17. The van der Waals surface area contributed by atoms with Crippen LogP contribution in [0.5, 0.6) is 5.75 Å². The molecule has 1 aromatic carbocycles. The molecule has 1 N–H and O–H groups in total. The highest BCUT2D eigenvalue weighted by atomic mass is 32.2. The summed E-state index contributed by atoms with van der Waals surface area (Å²) < 4.78 is 11.2. The van der Waals surface area contributed by atoms with E-state index >= 15 is 0 Å². The standard InChI is InChI=1S/C20H22N4O3S/c1-13(2)15-6-8-16(9-7-15)26-11-18-23-24-20(27-18)28-12-17(25)22-19-14(3)5-4-10-21-19/h4-10,13H,11-12H2,1-3H3,(H,21,22,25). The van der Waals surface area contributed by atoms with Crippen LogP contribution in [0.2, 0.25) is 0 Å². The number of anilines is 1. The van der Waals surface area contributed by atoms with E-state index < -0.39 is 0 Å². The number of carbonyl (C=O) groups excluding carboxylic acids is 1. The SMILES string of the molecule is Cc1cccnc1NC(=O)CSc1nnc(COc2ccc(C(C)C)cc2)o1. The molecule has 2 heterocycles. The van der Waals surface area contributed by atoms with Crippen molar-refractivity contribution in [2.75, 3.05) is 11.1 Å². The van der Waals surface area contributed by atoms with Crippen LogP contribution in [-0.4, -0.2) is 26.8 Å². The zero-order valence-electron chi connectivity index (χ0n) is 16.0. The first kappa shape index (κ1) is 19.9. The van der Waals surface area contributed by atoms with Crippen LogP contribution in [0.4, 0.5) is 5.82 Å². The van der Waals surface area contributed by atoms with E-state index in [9.17, 15) is 4.79 Å². The maximum Gasteiger partial charge on any atom is 0.277 e. The Hall–Kier alpha value is -2.87. The van der Waals surface area contributed by atoms with E-state index in [1.54, 1.807) is 6.20 Å². The third-order valence-electron chi connectivity index (χ3n) is 3.95. The Bertz CT molecular complexity index is 925. The Kier molecular flexibility index (Phi) is 6.65. The third-order valence-corrected chi connectivity index (χ3v) is 4.77. The molecule has 3 rings (SSSR count). The van der Waals surface area contributed by atoms with Crippen LogP contribution in [0.3, 0.4) is 0 Å². The van der Waals surface area contributed by atoms with E-state index in [-0.39, 0.29) is 18.3 Å². The van der Waals surface area contributed by atoms with Gasteiger partial charge in [-0.1, -0.05) is 43.8 Å². The number of hydrogen-bond donors (Lipinski definition) is 1. The highest BCUT2D eigenvalue weighted by molar-refractivity contribution is 7.99. The molecule has 28 heavy (non-hydrogen) atoms. The molecule has 0 aliphatic heterocycles. The van der Waals surface area contributed by atoms with Crippen molar-refractivity contribution in [3.8, 4) is 5.75 Å². The highest BCUT2D eigenvalue weighted by Crippen LogP contribution is 2.21. The highest BCUT2D eigenvalue weighted by Gasteiger charge is 2.11. The molecule has 0 aliphatic rings. The first-order chi connectivity index (χ1) is 13.5. The number of carbonyl (C=O) groups is 1. The predicted octanol–water partition coefficient (Wildman–Crippen LogP) is 4.21. The Labute approximate surface area is 167 Å². The minimum absolute atomic E-state index is 0.148. The molecule has 146 valence electrons. The second-order valence-electron chi connectivity index (χ2n) is 6.48. The van der Waals surface area contributed by atoms with E-state index in [1.165, 1.54) is 17.3 Å². The zero-order chi connectivity index (χ0) is 19.9. The minimum atomic E-state index is -0.187. The summed E-state index contributed by atoms with van der Waals surface area (Å²) in [7, 11) is 0. The molecule has 0 fully saturated rings. The molecule has 0 aliphatic carbocycles. The van der Waals surface area contributed by atoms with Crippen molar-refractivity contribution in [2.24, 2.45) is 0 Å². The van der Waals surface area contributed by atoms with E-state index in [2.05, 4.69) is 34.3 Å². The van der Waals surface area contributed by atoms with Gasteiger partial charge in [-0.15, -0.1) is 10.2 Å². The monoisotopic (exact) mass is 398 g/mol. The number of nitrogens with one attached hydrogen (secondary N) is 1. The molecular weight excluding hydrogens is 376 g/mol. The second-order valence-corrected chi connectivity index (χ2v) is 7.41. The number of thioether (sulfide) groups is 1. The summed E-state index contributed by atoms with van der Waals surface area (Å²) in [6, 6.07) is 11.6. The second kappa shape index (κ2) is 9.36. The van der Waals surface area contributed by atoms with Crippen molar-refractivity contribution in [3.63, 3.8) is 0 Å². The summed E-state index contributed by atoms with van der Waals surface area (Å²) in [6.07, 6.45) is 1.64. The Balaban J connectivity index is 1.46. The van der Waals surface area contributed by atoms with E-state index in [1.807, 2.05) is 43.3 Å². The van der Waals surface area contributed by atoms with Crippen LogP contribution in [0.1, 0.15) is 36.8 Å². The maximum atomic E-state index is 12.0. The van der Waals surface area contributed by atoms with Crippen LogP contribution in [0.25, 0.3) is 0 Å². The van der Waals surface area contributed by atoms with Gasteiger partial charge in [-0.05, 0) is 42.2 Å². The molecule has 1 amide bonds. The Morgan fingerprint density at radius 1 is 1.21 bits per heavy atom. The Morgan fingerprint density at radius 3 is 2.71 bits per heavy atom. The van der Waals surface area contributed by atoms with Crippen LogP contribution < -0.4 is 10.1 Å². The molecule has 0 atom stereocenters. The average Bonchev–Trinajstić information content (AvgIpc) is 3.15. The molecule has 0 radical (unpaired) electrons. The maximum absolute atomic E-state index is 12.0. The zero-order valence-corrected chi connectivity index (χ0v) is 16.8. The van der Waals surface area contributed by atoms with Gasteiger partial charge in [-0.25, -0.2) is 4.98 Å². The van der Waals surface area contributed by atoms with Crippen molar-refractivity contribution >= 4 is 23.5 Å². The summed E-state index contributed by atoms with van der Waals surface area (Å²) in [5.41, 5.74) is 2.16. The lowest BCUT2D eigenvalue weighted by atomic mass is 10.0. The van der Waals surface area contributed by atoms with Gasteiger partial charge in [0.05, 0.1) is 5.75 Å². The lowest BCUT2D eigenvalue weighted by Crippen LogP contribution is -2.15. The van der Waals surface area contributed by atoms with Crippen molar-refractivity contribution in [1.82, 2.24) is 15.2 Å². The number of ether oxygens (including phenoxy) is 1. The number of amides is 1. The summed E-state index contributed by atoms with van der Waals surface area (Å²) in [5, 5.41) is 11.0. The summed E-state index contributed by atoms with van der Waals surface area (Å²) in [5.74, 6) is 2.08. The summed E-state index contributed by atoms with van der Waals surface area (Å²) in [6.45, 7) is 6.35. The van der Waals surface area contributed by atoms with Gasteiger partial charge < -0.3 is 14.5 Å². The first-order valence-corrected chi connectivity index (χ1v) is 9.89. The van der Waals surface area contributed by atoms with Gasteiger partial charge in [0.15, 0.2) is 6.61 Å². The number of rotatable bonds is 8. The normalized spacial score (nSPS) is 10.9. The van der Waals surface area contributed by atoms with Gasteiger partial charge in [0, 0.05) is 6.20 Å². The van der Waals surface area contributed by atoms with E-state index in [0.29, 0.717) is 22.8 Å². The van der Waals surface area contributed by atoms with Crippen LogP contribution >= 0.6 is 11.8 Å². The minimum Gasteiger partial charge on any atom is -0.484 e. The lowest BCUT2D eigenvalue weighted by Gasteiger charge is -2.07. The molecule has 0 unspecified atom stereocenters. The molecule has 0 saturated heterocycles. The fraction of sp³-hybridized carbons (Fsp3) is 0.300. The van der Waals surface area contributed by atoms with Gasteiger partial charge >= 0.3 is 0 Å². The van der Waals surface area contributed by atoms with E-state index in [0.717, 1.165) is 11.3 Å². The molecular formula is C20H22N4O3S. The number of aromatic nitrogens is 3. The predicted molar refractivity (Wildman–Crippen MR) is 107 cm³/mol. The molecule has 3 aromatic rings. The van der Waals surface area contributed by atoms with Crippen LogP contribution in [-0.2, 0) is 11.4 Å². The smallest absolute Gasteiger partial charge is 0.277 e. The molecule has 7 nitrogen and oxygen atoms in total. The van der Waals surface area contributed by atoms with Crippen LogP contribution in [0.15, 0.2) is 52.2 Å². The fourth-order valence-electron chi connectivity index (χ4n) is 2.36. The average molecular weight is 398 g/mol. The molecule has 0 spiro atoms. The number of pyridine rings is 1. The molecule has 2 aromatic heterocycles.